The zero-order valence-electron chi connectivity index (χ0n) is 34.2. The van der Waals surface area contributed by atoms with Gasteiger partial charge >= 0.3 is 0 Å². The molecule has 1 saturated carbocycles. The molecule has 5 atom stereocenters. The number of carbonyl (C=O) groups excluding carboxylic acids is 7. The molecule has 6 amide bonds. The maximum Gasteiger partial charge on any atom is 0.290 e. The van der Waals surface area contributed by atoms with Crippen molar-refractivity contribution >= 4 is 41.2 Å². The van der Waals surface area contributed by atoms with Crippen molar-refractivity contribution in [2.75, 3.05) is 13.1 Å². The van der Waals surface area contributed by atoms with Gasteiger partial charge in [0.2, 0.25) is 35.3 Å². The normalized spacial score (nSPS) is 18.8. The Balaban J connectivity index is 1.48. The summed E-state index contributed by atoms with van der Waals surface area (Å²) in [5, 5.41) is 10.5. The summed E-state index contributed by atoms with van der Waals surface area (Å²) in [6.07, 6.45) is 4.67. The van der Waals surface area contributed by atoms with Crippen LogP contribution < -0.4 is 27.0 Å². The van der Waals surface area contributed by atoms with Crippen LogP contribution >= 0.6 is 0 Å². The van der Waals surface area contributed by atoms with Crippen molar-refractivity contribution in [3.63, 3.8) is 0 Å². The number of aryl methyl sites for hydroxylation is 2. The summed E-state index contributed by atoms with van der Waals surface area (Å²) in [4.78, 5) is 95.2. The lowest BCUT2D eigenvalue weighted by Gasteiger charge is -2.35. The summed E-state index contributed by atoms with van der Waals surface area (Å²) in [6, 6.07) is 10.3. The first-order valence-corrected chi connectivity index (χ1v) is 20.1. The van der Waals surface area contributed by atoms with Crippen LogP contribution in [0.3, 0.4) is 0 Å². The molecule has 310 valence electrons. The third-order valence-corrected chi connectivity index (χ3v) is 10.3. The van der Waals surface area contributed by atoms with Gasteiger partial charge in [-0.2, -0.15) is 0 Å². The second-order valence-electron chi connectivity index (χ2n) is 16.4. The smallest absolute Gasteiger partial charge is 0.290 e. The molecule has 6 N–H and O–H groups in total. The van der Waals surface area contributed by atoms with Crippen molar-refractivity contribution < 1.29 is 38.3 Å². The van der Waals surface area contributed by atoms with Gasteiger partial charge in [-0.15, -0.1) is 0 Å². The zero-order chi connectivity index (χ0) is 41.9. The first-order valence-electron chi connectivity index (χ1n) is 20.1. The first-order chi connectivity index (χ1) is 26.9. The lowest BCUT2D eigenvalue weighted by atomic mass is 9.83. The molecule has 1 aliphatic carbocycles. The van der Waals surface area contributed by atoms with Crippen LogP contribution in [0.4, 0.5) is 0 Å². The Bertz CT molecular complexity index is 1750. The number of amides is 6. The maximum atomic E-state index is 14.6. The number of Topliss-reactive ketones (excluding diaryl/α,β-unsaturated/α-hetero) is 1. The number of likely N-dealkylation sites (tertiary alicyclic amines) is 1. The quantitative estimate of drug-likeness (QED) is 0.150. The SMILES string of the molecule is CCCC(NC(=O)[C@@H]1C[C@@H](OC(C)(C)C)CN1C(=O)[C@@H](NC(=O)Cc1ccccc1)C1CCCCC1)C(=O)C(=O)NCC(=O)NC(C(N)=O)c1cc(C)cc(C)c1. The molecule has 0 spiro atoms. The average molecular weight is 789 g/mol. The molecule has 2 fully saturated rings. The van der Waals surface area contributed by atoms with Crippen LogP contribution in [0.25, 0.3) is 0 Å². The molecule has 57 heavy (non-hydrogen) atoms. The highest BCUT2D eigenvalue weighted by Crippen LogP contribution is 2.31. The fourth-order valence-corrected chi connectivity index (χ4v) is 7.85. The minimum atomic E-state index is -1.25. The molecule has 1 heterocycles. The lowest BCUT2D eigenvalue weighted by Crippen LogP contribution is -2.58. The molecule has 14 heteroatoms. The van der Waals surface area contributed by atoms with Crippen LogP contribution in [0.1, 0.15) is 107 Å². The van der Waals surface area contributed by atoms with Gasteiger partial charge in [-0.05, 0) is 70.9 Å². The summed E-state index contributed by atoms with van der Waals surface area (Å²) in [5.41, 5.74) is 8.02. The van der Waals surface area contributed by atoms with Crippen LogP contribution in [0.15, 0.2) is 48.5 Å². The Morgan fingerprint density at radius 3 is 2.12 bits per heavy atom. The van der Waals surface area contributed by atoms with Gasteiger partial charge in [-0.1, -0.05) is 92.3 Å². The van der Waals surface area contributed by atoms with Crippen LogP contribution in [0, 0.1) is 19.8 Å². The Labute approximate surface area is 335 Å². The molecule has 4 rings (SSSR count). The van der Waals surface area contributed by atoms with Gasteiger partial charge < -0.3 is 36.6 Å². The summed E-state index contributed by atoms with van der Waals surface area (Å²) in [5.74, 6) is -5.04. The van der Waals surface area contributed by atoms with E-state index < -0.39 is 71.8 Å². The highest BCUT2D eigenvalue weighted by molar-refractivity contribution is 6.38. The van der Waals surface area contributed by atoms with Gasteiger partial charge in [0, 0.05) is 13.0 Å². The topological polar surface area (TPSA) is 206 Å². The molecule has 0 radical (unpaired) electrons. The number of rotatable bonds is 17. The first kappa shape index (κ1) is 44.6. The van der Waals surface area contributed by atoms with Crippen molar-refractivity contribution in [3.05, 3.63) is 70.8 Å². The zero-order valence-corrected chi connectivity index (χ0v) is 34.2. The number of nitrogens with zero attached hydrogens (tertiary/aromatic N) is 1. The standard InChI is InChI=1S/C43H60N6O8/c1-7-14-32(38(52)41(55)45-24-35(51)48-36(39(44)53)30-20-26(2)19-27(3)21-30)46-40(54)33-23-31(57-43(4,5)6)25-49(33)42(56)37(29-17-12-9-13-18-29)47-34(50)22-28-15-10-8-11-16-28/h8,10-11,15-16,19-21,29,31-33,36-37H,7,9,12-14,17-18,22-25H2,1-6H3,(H2,44,53)(H,45,55)(H,46,54)(H,47,50)(H,48,51)/t31-,32?,33+,36?,37+/m1/s1. The van der Waals surface area contributed by atoms with E-state index in [2.05, 4.69) is 21.3 Å². The fourth-order valence-electron chi connectivity index (χ4n) is 7.85. The molecular formula is C43H60N6O8. The minimum Gasteiger partial charge on any atom is -0.371 e. The van der Waals surface area contributed by atoms with Gasteiger partial charge in [-0.3, -0.25) is 33.6 Å². The molecule has 2 aliphatic rings. The van der Waals surface area contributed by atoms with E-state index in [1.165, 1.54) is 4.90 Å². The van der Waals surface area contributed by atoms with Crippen LogP contribution in [-0.4, -0.2) is 89.0 Å². The highest BCUT2D eigenvalue weighted by atomic mass is 16.5. The number of ketones is 1. The number of benzene rings is 2. The molecule has 0 aromatic heterocycles. The number of hydrogen-bond donors (Lipinski definition) is 5. The Hall–Kier alpha value is -5.11. The summed E-state index contributed by atoms with van der Waals surface area (Å²) in [7, 11) is 0. The van der Waals surface area contributed by atoms with Crippen molar-refractivity contribution in [3.8, 4) is 0 Å². The number of nitrogens with two attached hydrogens (primary N) is 1. The van der Waals surface area contributed by atoms with E-state index in [9.17, 15) is 33.6 Å². The predicted molar refractivity (Wildman–Crippen MR) is 214 cm³/mol. The Morgan fingerprint density at radius 1 is 0.877 bits per heavy atom. The molecule has 1 saturated heterocycles. The largest absolute Gasteiger partial charge is 0.371 e. The number of hydrogen-bond acceptors (Lipinski definition) is 8. The van der Waals surface area contributed by atoms with E-state index in [1.54, 1.807) is 19.1 Å². The summed E-state index contributed by atoms with van der Waals surface area (Å²) in [6.45, 7) is 10.6. The molecule has 2 aromatic rings. The monoisotopic (exact) mass is 788 g/mol. The molecular weight excluding hydrogens is 729 g/mol. The molecule has 14 nitrogen and oxygen atoms in total. The summed E-state index contributed by atoms with van der Waals surface area (Å²) < 4.78 is 6.26. The summed E-state index contributed by atoms with van der Waals surface area (Å²) >= 11 is 0. The Morgan fingerprint density at radius 2 is 1.53 bits per heavy atom. The third kappa shape index (κ3) is 13.2. The van der Waals surface area contributed by atoms with E-state index in [0.29, 0.717) is 12.0 Å². The molecule has 2 aromatic carbocycles. The van der Waals surface area contributed by atoms with Gasteiger partial charge in [0.25, 0.3) is 5.91 Å². The van der Waals surface area contributed by atoms with Crippen molar-refractivity contribution in [2.45, 2.75) is 135 Å². The minimum absolute atomic E-state index is 0.0969. The molecule has 0 bridgehead atoms. The number of ether oxygens (including phenoxy) is 1. The maximum absolute atomic E-state index is 14.6. The number of nitrogens with one attached hydrogen (secondary N) is 4. The van der Waals surface area contributed by atoms with Gasteiger partial charge in [0.15, 0.2) is 0 Å². The van der Waals surface area contributed by atoms with E-state index in [1.807, 2.05) is 71.0 Å². The Kier molecular flexibility index (Phi) is 15.9. The van der Waals surface area contributed by atoms with E-state index in [4.69, 9.17) is 10.5 Å². The number of carbonyl (C=O) groups is 7. The average Bonchev–Trinajstić information content (AvgIpc) is 3.57. The second kappa shape index (κ2) is 20.4. The van der Waals surface area contributed by atoms with Crippen LogP contribution in [0.5, 0.6) is 0 Å². The van der Waals surface area contributed by atoms with E-state index in [0.717, 1.165) is 48.8 Å². The van der Waals surface area contributed by atoms with Crippen molar-refractivity contribution in [1.82, 2.24) is 26.2 Å². The highest BCUT2D eigenvalue weighted by Gasteiger charge is 2.46. The number of primary amides is 1. The fraction of sp³-hybridized carbons (Fsp3) is 0.558. The van der Waals surface area contributed by atoms with Crippen LogP contribution in [-0.2, 0) is 44.7 Å². The molecule has 2 unspecified atom stereocenters. The van der Waals surface area contributed by atoms with Crippen molar-refractivity contribution in [1.29, 1.82) is 0 Å². The third-order valence-electron chi connectivity index (χ3n) is 10.3. The van der Waals surface area contributed by atoms with E-state index in [-0.39, 0.29) is 43.5 Å². The van der Waals surface area contributed by atoms with Crippen molar-refractivity contribution in [2.24, 2.45) is 11.7 Å². The molecule has 1 aliphatic heterocycles. The van der Waals surface area contributed by atoms with Crippen LogP contribution in [0.2, 0.25) is 0 Å². The predicted octanol–water partition coefficient (Wildman–Crippen LogP) is 3.01. The second-order valence-corrected chi connectivity index (χ2v) is 16.4. The lowest BCUT2D eigenvalue weighted by molar-refractivity contribution is -0.144. The van der Waals surface area contributed by atoms with E-state index >= 15 is 0 Å². The van der Waals surface area contributed by atoms with Gasteiger partial charge in [0.1, 0.15) is 18.1 Å². The van der Waals surface area contributed by atoms with Gasteiger partial charge in [0.05, 0.1) is 30.7 Å². The van der Waals surface area contributed by atoms with Gasteiger partial charge in [-0.25, -0.2) is 0 Å².